The number of hydrogen-bond donors (Lipinski definition) is 1. The fourth-order valence-corrected chi connectivity index (χ4v) is 2.87. The number of anilines is 1. The number of amides is 1. The van der Waals surface area contributed by atoms with E-state index in [0.29, 0.717) is 27.8 Å². The van der Waals surface area contributed by atoms with Crippen LogP contribution in [-0.2, 0) is 4.79 Å². The number of nitrogens with one attached hydrogen (secondary N) is 1. The molecule has 7 heteroatoms. The minimum Gasteiger partial charge on any atom is -0.493 e. The van der Waals surface area contributed by atoms with Crippen molar-refractivity contribution in [2.75, 3.05) is 19.0 Å². The summed E-state index contributed by atoms with van der Waals surface area (Å²) in [6, 6.07) is 19.7. The Morgan fingerprint density at radius 1 is 1.10 bits per heavy atom. The lowest BCUT2D eigenvalue weighted by Crippen LogP contribution is -2.20. The molecule has 3 rings (SSSR count). The second-order valence-electron chi connectivity index (χ2n) is 6.43. The fourth-order valence-electron chi connectivity index (χ4n) is 2.74. The second-order valence-corrected chi connectivity index (χ2v) is 6.87. The van der Waals surface area contributed by atoms with Crippen molar-refractivity contribution < 1.29 is 18.7 Å². The molecule has 1 amide bonds. The molecule has 31 heavy (non-hydrogen) atoms. The zero-order chi connectivity index (χ0) is 22.2. The van der Waals surface area contributed by atoms with E-state index in [0.717, 1.165) is 11.1 Å². The van der Waals surface area contributed by atoms with Gasteiger partial charge in [0.05, 0.1) is 18.8 Å². The Balaban J connectivity index is 1.70. The first-order chi connectivity index (χ1) is 15.0. The third-order valence-electron chi connectivity index (χ3n) is 4.26. The molecule has 0 unspecified atom stereocenters. The van der Waals surface area contributed by atoms with Crippen molar-refractivity contribution in [3.8, 4) is 17.6 Å². The molecule has 156 valence electrons. The molecule has 1 N–H and O–H groups in total. The number of ether oxygens (including phenoxy) is 2. The average Bonchev–Trinajstić information content (AvgIpc) is 2.78. The minimum atomic E-state index is -0.396. The van der Waals surface area contributed by atoms with E-state index in [1.165, 1.54) is 31.4 Å². The molecule has 0 bridgehead atoms. The highest BCUT2D eigenvalue weighted by atomic mass is 35.5. The Hall–Kier alpha value is -3.82. The molecule has 0 radical (unpaired) electrons. The number of hydrogen-bond acceptors (Lipinski definition) is 4. The Kier molecular flexibility index (Phi) is 7.26. The molecule has 0 aliphatic carbocycles. The summed E-state index contributed by atoms with van der Waals surface area (Å²) in [6.45, 7) is -0.253. The maximum atomic E-state index is 12.9. The van der Waals surface area contributed by atoms with Gasteiger partial charge >= 0.3 is 0 Å². The lowest BCUT2D eigenvalue weighted by Gasteiger charge is -2.12. The summed E-state index contributed by atoms with van der Waals surface area (Å²) in [5, 5.41) is 12.7. The van der Waals surface area contributed by atoms with Gasteiger partial charge in [0.1, 0.15) is 5.82 Å². The first-order valence-corrected chi connectivity index (χ1v) is 9.60. The number of allylic oxidation sites excluding steroid dienone is 1. The summed E-state index contributed by atoms with van der Waals surface area (Å²) in [5.74, 6) is 0.00603. The maximum Gasteiger partial charge on any atom is 0.262 e. The molecule has 0 aliphatic rings. The summed E-state index contributed by atoms with van der Waals surface area (Å²) >= 11 is 5.90. The van der Waals surface area contributed by atoms with Crippen LogP contribution in [0.2, 0.25) is 5.02 Å². The summed E-state index contributed by atoms with van der Waals surface area (Å²) in [7, 11) is 1.48. The van der Waals surface area contributed by atoms with Crippen LogP contribution < -0.4 is 14.8 Å². The number of benzene rings is 3. The van der Waals surface area contributed by atoms with Crippen LogP contribution in [0.3, 0.4) is 0 Å². The van der Waals surface area contributed by atoms with E-state index in [2.05, 4.69) is 11.4 Å². The number of methoxy groups -OCH3 is 1. The van der Waals surface area contributed by atoms with E-state index in [-0.39, 0.29) is 12.4 Å². The number of nitriles is 1. The highest BCUT2D eigenvalue weighted by Gasteiger charge is 2.10. The van der Waals surface area contributed by atoms with Crippen LogP contribution in [0.25, 0.3) is 11.6 Å². The third-order valence-corrected chi connectivity index (χ3v) is 4.51. The van der Waals surface area contributed by atoms with Gasteiger partial charge in [-0.05, 0) is 65.7 Å². The first kappa shape index (κ1) is 21.9. The second kappa shape index (κ2) is 10.3. The molecule has 0 saturated carbocycles. The maximum absolute atomic E-state index is 12.9. The van der Waals surface area contributed by atoms with E-state index < -0.39 is 5.91 Å². The van der Waals surface area contributed by atoms with Crippen molar-refractivity contribution >= 4 is 34.8 Å². The van der Waals surface area contributed by atoms with Crippen molar-refractivity contribution in [2.24, 2.45) is 0 Å². The summed E-state index contributed by atoms with van der Waals surface area (Å²) in [4.78, 5) is 12.1. The van der Waals surface area contributed by atoms with E-state index in [1.807, 2.05) is 0 Å². The monoisotopic (exact) mass is 436 g/mol. The molecular weight excluding hydrogens is 419 g/mol. The van der Waals surface area contributed by atoms with Crippen LogP contribution >= 0.6 is 11.6 Å². The number of rotatable bonds is 7. The molecule has 0 fully saturated rings. The molecular formula is C24H18ClFN2O3. The van der Waals surface area contributed by atoms with Gasteiger partial charge in [-0.2, -0.15) is 5.26 Å². The Labute approximate surface area is 184 Å². The average molecular weight is 437 g/mol. The number of carbonyl (C=O) groups excluding carboxylic acids is 1. The van der Waals surface area contributed by atoms with Crippen molar-refractivity contribution in [1.82, 2.24) is 0 Å². The quantitative estimate of drug-likeness (QED) is 0.388. The van der Waals surface area contributed by atoms with Crippen LogP contribution in [0.5, 0.6) is 11.5 Å². The highest BCUT2D eigenvalue weighted by Crippen LogP contribution is 2.30. The highest BCUT2D eigenvalue weighted by molar-refractivity contribution is 6.30. The SMILES string of the molecule is COc1cc(/C=C(/C#N)c2ccc(Cl)cc2)ccc1OCC(=O)Nc1ccc(F)cc1. The van der Waals surface area contributed by atoms with E-state index >= 15 is 0 Å². The summed E-state index contributed by atoms with van der Waals surface area (Å²) < 4.78 is 23.9. The van der Waals surface area contributed by atoms with Gasteiger partial charge in [-0.3, -0.25) is 4.79 Å². The van der Waals surface area contributed by atoms with E-state index in [9.17, 15) is 14.4 Å². The number of carbonyl (C=O) groups is 1. The van der Waals surface area contributed by atoms with Crippen LogP contribution in [0.4, 0.5) is 10.1 Å². The summed E-state index contributed by atoms with van der Waals surface area (Å²) in [6.07, 6.45) is 1.72. The van der Waals surface area contributed by atoms with Gasteiger partial charge in [0.25, 0.3) is 5.91 Å². The Morgan fingerprint density at radius 2 is 1.81 bits per heavy atom. The molecule has 0 atom stereocenters. The van der Waals surface area contributed by atoms with Gasteiger partial charge < -0.3 is 14.8 Å². The van der Waals surface area contributed by atoms with Crippen LogP contribution in [0, 0.1) is 17.1 Å². The van der Waals surface area contributed by atoms with Gasteiger partial charge in [-0.1, -0.05) is 29.8 Å². The predicted octanol–water partition coefficient (Wildman–Crippen LogP) is 5.57. The number of nitrogens with zero attached hydrogens (tertiary/aromatic N) is 1. The van der Waals surface area contributed by atoms with E-state index in [4.69, 9.17) is 21.1 Å². The molecule has 0 heterocycles. The third kappa shape index (κ3) is 6.08. The molecule has 0 aliphatic heterocycles. The minimum absolute atomic E-state index is 0.253. The van der Waals surface area contributed by atoms with Gasteiger partial charge in [0.2, 0.25) is 0 Å². The first-order valence-electron chi connectivity index (χ1n) is 9.22. The molecule has 0 aromatic heterocycles. The summed E-state index contributed by atoms with van der Waals surface area (Å²) in [5.41, 5.74) is 2.40. The van der Waals surface area contributed by atoms with Gasteiger partial charge in [0, 0.05) is 10.7 Å². The van der Waals surface area contributed by atoms with Crippen molar-refractivity contribution in [3.63, 3.8) is 0 Å². The lowest BCUT2D eigenvalue weighted by molar-refractivity contribution is -0.118. The lowest BCUT2D eigenvalue weighted by atomic mass is 10.0. The molecule has 3 aromatic rings. The normalized spacial score (nSPS) is 10.8. The predicted molar refractivity (Wildman–Crippen MR) is 118 cm³/mol. The van der Waals surface area contributed by atoms with Crippen molar-refractivity contribution in [1.29, 1.82) is 5.26 Å². The standard InChI is InChI=1S/C24H18ClFN2O3/c1-30-23-13-16(12-18(14-27)17-3-5-19(25)6-4-17)2-11-22(23)31-15-24(29)28-21-9-7-20(26)8-10-21/h2-13H,15H2,1H3,(H,28,29)/b18-12-. The Morgan fingerprint density at radius 3 is 2.45 bits per heavy atom. The topological polar surface area (TPSA) is 71.3 Å². The van der Waals surface area contributed by atoms with Crippen LogP contribution in [-0.4, -0.2) is 19.6 Å². The molecule has 5 nitrogen and oxygen atoms in total. The molecule has 0 spiro atoms. The number of halogens is 2. The largest absolute Gasteiger partial charge is 0.493 e. The van der Waals surface area contributed by atoms with E-state index in [1.54, 1.807) is 48.5 Å². The van der Waals surface area contributed by atoms with Crippen LogP contribution in [0.1, 0.15) is 11.1 Å². The fraction of sp³-hybridized carbons (Fsp3) is 0.0833. The van der Waals surface area contributed by atoms with Crippen molar-refractivity contribution in [2.45, 2.75) is 0 Å². The zero-order valence-corrected chi connectivity index (χ0v) is 17.3. The van der Waals surface area contributed by atoms with Gasteiger partial charge in [-0.25, -0.2) is 4.39 Å². The molecule has 0 saturated heterocycles. The smallest absolute Gasteiger partial charge is 0.262 e. The zero-order valence-electron chi connectivity index (χ0n) is 16.6. The Bertz CT molecular complexity index is 1140. The van der Waals surface area contributed by atoms with Crippen LogP contribution in [0.15, 0.2) is 66.7 Å². The van der Waals surface area contributed by atoms with Gasteiger partial charge in [0.15, 0.2) is 18.1 Å². The van der Waals surface area contributed by atoms with Crippen molar-refractivity contribution in [3.05, 3.63) is 88.7 Å². The molecule has 3 aromatic carbocycles. The van der Waals surface area contributed by atoms with Gasteiger partial charge in [-0.15, -0.1) is 0 Å².